The Morgan fingerprint density at radius 3 is 1.43 bits per heavy atom. The number of nitrogen functional groups attached to an aromatic ring is 2. The van der Waals surface area contributed by atoms with Crippen LogP contribution < -0.4 is 20.9 Å². The molecule has 0 heterocycles. The van der Waals surface area contributed by atoms with Crippen molar-refractivity contribution in [2.45, 2.75) is 143 Å². The summed E-state index contributed by atoms with van der Waals surface area (Å²) in [7, 11) is 0. The fourth-order valence-corrected chi connectivity index (χ4v) is 9.85. The highest BCUT2D eigenvalue weighted by Crippen LogP contribution is 2.52. The van der Waals surface area contributed by atoms with Crippen molar-refractivity contribution >= 4 is 11.4 Å². The Kier molecular flexibility index (Phi) is 13.1. The molecule has 0 unspecified atom stereocenters. The standard InChI is InChI=1S/C49H66N2O2/c1-6-7-8-9-10-11-12-15-38-20-22-39(23-21-38)40-24-26-49(27-25-40,41-28-34(2)47(35(3)29-41)52-45-18-13-16-43(50)32-45)42-30-36(4)48(37(5)31-42)53-46-19-14-17-44(51)33-46/h13-14,16-19,28-33,38-40H,6-12,15,20-27,50-51H2,1-5H3. The highest BCUT2D eigenvalue weighted by molar-refractivity contribution is 5.55. The summed E-state index contributed by atoms with van der Waals surface area (Å²) in [6.45, 7) is 11.1. The van der Waals surface area contributed by atoms with Crippen LogP contribution in [0.5, 0.6) is 23.0 Å². The van der Waals surface area contributed by atoms with Gasteiger partial charge in [0.05, 0.1) is 0 Å². The second kappa shape index (κ2) is 17.9. The predicted molar refractivity (Wildman–Crippen MR) is 224 cm³/mol. The third kappa shape index (κ3) is 9.61. The Morgan fingerprint density at radius 2 is 0.981 bits per heavy atom. The van der Waals surface area contributed by atoms with Gasteiger partial charge in [0.1, 0.15) is 23.0 Å². The van der Waals surface area contributed by atoms with Gasteiger partial charge in [0, 0.05) is 28.9 Å². The summed E-state index contributed by atoms with van der Waals surface area (Å²) in [5.74, 6) is 6.07. The lowest BCUT2D eigenvalue weighted by Crippen LogP contribution is -2.36. The van der Waals surface area contributed by atoms with Crippen LogP contribution in [0.4, 0.5) is 11.4 Å². The van der Waals surface area contributed by atoms with E-state index in [0.717, 1.165) is 53.6 Å². The largest absolute Gasteiger partial charge is 0.457 e. The van der Waals surface area contributed by atoms with Crippen LogP contribution in [0.25, 0.3) is 0 Å². The molecule has 0 amide bonds. The van der Waals surface area contributed by atoms with Crippen molar-refractivity contribution in [2.75, 3.05) is 11.5 Å². The molecule has 0 aromatic heterocycles. The van der Waals surface area contributed by atoms with E-state index in [4.69, 9.17) is 20.9 Å². The van der Waals surface area contributed by atoms with Crippen LogP contribution in [0.3, 0.4) is 0 Å². The quantitative estimate of drug-likeness (QED) is 0.0950. The van der Waals surface area contributed by atoms with Crippen molar-refractivity contribution in [2.24, 2.45) is 17.8 Å². The van der Waals surface area contributed by atoms with Crippen LogP contribution in [0, 0.1) is 45.4 Å². The first-order valence-corrected chi connectivity index (χ1v) is 21.0. The SMILES string of the molecule is CCCCCCCCCC1CCC(C2CCC(c3cc(C)c(Oc4cccc(N)c4)c(C)c3)(c3cc(C)c(Oc4cccc(N)c4)c(C)c3)CC2)CC1. The predicted octanol–water partition coefficient (Wildman–Crippen LogP) is 14.1. The van der Waals surface area contributed by atoms with E-state index < -0.39 is 0 Å². The van der Waals surface area contributed by atoms with Crippen molar-refractivity contribution < 1.29 is 9.47 Å². The van der Waals surface area contributed by atoms with Gasteiger partial charge in [-0.3, -0.25) is 0 Å². The topological polar surface area (TPSA) is 70.5 Å². The second-order valence-electron chi connectivity index (χ2n) is 16.8. The average molecular weight is 715 g/mol. The Labute approximate surface area is 321 Å². The molecule has 4 heteroatoms. The van der Waals surface area contributed by atoms with E-state index in [9.17, 15) is 0 Å². The molecule has 0 saturated heterocycles. The van der Waals surface area contributed by atoms with E-state index in [-0.39, 0.29) is 5.41 Å². The third-order valence-corrected chi connectivity index (χ3v) is 12.8. The Hall–Kier alpha value is -3.92. The zero-order valence-corrected chi connectivity index (χ0v) is 33.4. The van der Waals surface area contributed by atoms with Crippen molar-refractivity contribution in [3.63, 3.8) is 0 Å². The van der Waals surface area contributed by atoms with Gasteiger partial charge >= 0.3 is 0 Å². The number of aryl methyl sites for hydroxylation is 4. The van der Waals surface area contributed by atoms with Gasteiger partial charge in [0.2, 0.25) is 0 Å². The van der Waals surface area contributed by atoms with Crippen molar-refractivity contribution in [1.29, 1.82) is 0 Å². The van der Waals surface area contributed by atoms with Crippen LogP contribution in [-0.2, 0) is 5.41 Å². The lowest BCUT2D eigenvalue weighted by Gasteiger charge is -2.45. The molecule has 0 bridgehead atoms. The van der Waals surface area contributed by atoms with Gasteiger partial charge in [-0.1, -0.05) is 108 Å². The summed E-state index contributed by atoms with van der Waals surface area (Å²) in [6, 6.07) is 25.1. The van der Waals surface area contributed by atoms with Gasteiger partial charge < -0.3 is 20.9 Å². The number of hydrogen-bond acceptors (Lipinski definition) is 4. The minimum atomic E-state index is -0.0682. The number of hydrogen-bond donors (Lipinski definition) is 2. The van der Waals surface area contributed by atoms with Gasteiger partial charge in [0.15, 0.2) is 0 Å². The number of nitrogens with two attached hydrogens (primary N) is 2. The van der Waals surface area contributed by atoms with E-state index in [1.807, 2.05) is 48.5 Å². The molecule has 4 aromatic carbocycles. The highest BCUT2D eigenvalue weighted by atomic mass is 16.5. The molecule has 0 radical (unpaired) electrons. The van der Waals surface area contributed by atoms with Crippen molar-refractivity contribution in [3.05, 3.63) is 106 Å². The number of anilines is 2. The van der Waals surface area contributed by atoms with Gasteiger partial charge in [-0.15, -0.1) is 0 Å². The first-order valence-electron chi connectivity index (χ1n) is 21.0. The van der Waals surface area contributed by atoms with E-state index >= 15 is 0 Å². The van der Waals surface area contributed by atoms with Crippen LogP contribution in [0.1, 0.15) is 143 Å². The zero-order chi connectivity index (χ0) is 37.4. The molecular formula is C49H66N2O2. The highest BCUT2D eigenvalue weighted by Gasteiger charge is 2.42. The maximum absolute atomic E-state index is 6.47. The van der Waals surface area contributed by atoms with Gasteiger partial charge in [-0.05, 0) is 142 Å². The van der Waals surface area contributed by atoms with Gasteiger partial charge in [0.25, 0.3) is 0 Å². The first kappa shape index (κ1) is 38.8. The molecule has 4 aromatic rings. The molecule has 0 aliphatic heterocycles. The number of rotatable bonds is 15. The zero-order valence-electron chi connectivity index (χ0n) is 33.4. The summed E-state index contributed by atoms with van der Waals surface area (Å²) >= 11 is 0. The van der Waals surface area contributed by atoms with E-state index in [1.165, 1.54) is 123 Å². The molecule has 0 spiro atoms. The minimum Gasteiger partial charge on any atom is -0.457 e. The fourth-order valence-electron chi connectivity index (χ4n) is 9.85. The number of ether oxygens (including phenoxy) is 2. The average Bonchev–Trinajstić information content (AvgIpc) is 3.14. The van der Waals surface area contributed by atoms with Crippen molar-refractivity contribution in [3.8, 4) is 23.0 Å². The fraction of sp³-hybridized carbons (Fsp3) is 0.510. The third-order valence-electron chi connectivity index (χ3n) is 12.8. The molecule has 2 fully saturated rings. The van der Waals surface area contributed by atoms with E-state index in [0.29, 0.717) is 11.4 Å². The normalized spacial score (nSPS) is 18.9. The first-order chi connectivity index (χ1) is 25.6. The monoisotopic (exact) mass is 715 g/mol. The summed E-state index contributed by atoms with van der Waals surface area (Å²) in [6.07, 6.45) is 22.0. The van der Waals surface area contributed by atoms with Crippen molar-refractivity contribution in [1.82, 2.24) is 0 Å². The Balaban J connectivity index is 1.21. The smallest absolute Gasteiger partial charge is 0.133 e. The molecule has 4 N–H and O–H groups in total. The molecule has 284 valence electrons. The molecule has 2 saturated carbocycles. The lowest BCUT2D eigenvalue weighted by atomic mass is 9.59. The lowest BCUT2D eigenvalue weighted by molar-refractivity contribution is 0.140. The minimum absolute atomic E-state index is 0.0682. The van der Waals surface area contributed by atoms with E-state index in [1.54, 1.807) is 0 Å². The van der Waals surface area contributed by atoms with E-state index in [2.05, 4.69) is 58.9 Å². The number of benzene rings is 4. The second-order valence-corrected chi connectivity index (χ2v) is 16.8. The summed E-state index contributed by atoms with van der Waals surface area (Å²) in [5, 5.41) is 0. The maximum atomic E-state index is 6.47. The van der Waals surface area contributed by atoms with Crippen LogP contribution in [0.15, 0.2) is 72.8 Å². The molecule has 0 atom stereocenters. The van der Waals surface area contributed by atoms with Crippen LogP contribution in [0.2, 0.25) is 0 Å². The maximum Gasteiger partial charge on any atom is 0.133 e. The van der Waals surface area contributed by atoms with Gasteiger partial charge in [-0.2, -0.15) is 0 Å². The molecule has 2 aliphatic rings. The summed E-state index contributed by atoms with van der Waals surface area (Å²) in [5.41, 5.74) is 21.0. The van der Waals surface area contributed by atoms with Gasteiger partial charge in [-0.25, -0.2) is 0 Å². The molecule has 2 aliphatic carbocycles. The summed E-state index contributed by atoms with van der Waals surface area (Å²) in [4.78, 5) is 0. The van der Waals surface area contributed by atoms with Crippen LogP contribution in [-0.4, -0.2) is 0 Å². The molecule has 53 heavy (non-hydrogen) atoms. The summed E-state index contributed by atoms with van der Waals surface area (Å²) < 4.78 is 12.9. The Bertz CT molecular complexity index is 1640. The molecular weight excluding hydrogens is 649 g/mol. The molecule has 4 nitrogen and oxygen atoms in total. The Morgan fingerprint density at radius 1 is 0.547 bits per heavy atom. The molecule has 6 rings (SSSR count). The number of unbranched alkanes of at least 4 members (excludes halogenated alkanes) is 6. The van der Waals surface area contributed by atoms with Crippen LogP contribution >= 0.6 is 0 Å².